The molecule has 2 aromatic rings. The second kappa shape index (κ2) is 8.24. The minimum Gasteiger partial charge on any atom is -0.489 e. The van der Waals surface area contributed by atoms with Crippen LogP contribution >= 0.6 is 0 Å². The van der Waals surface area contributed by atoms with E-state index in [0.29, 0.717) is 17.9 Å². The average molecular weight is 459 g/mol. The van der Waals surface area contributed by atoms with E-state index in [1.165, 1.54) is 0 Å². The van der Waals surface area contributed by atoms with Gasteiger partial charge in [-0.15, -0.1) is 0 Å². The largest absolute Gasteiger partial charge is 0.489 e. The Labute approximate surface area is 200 Å². The Morgan fingerprint density at radius 2 is 1.59 bits per heavy atom. The van der Waals surface area contributed by atoms with Gasteiger partial charge in [0, 0.05) is 0 Å². The summed E-state index contributed by atoms with van der Waals surface area (Å²) in [7, 11) is 0. The van der Waals surface area contributed by atoms with Crippen molar-refractivity contribution in [2.45, 2.75) is 53.4 Å². The van der Waals surface area contributed by atoms with Crippen molar-refractivity contribution in [1.82, 2.24) is 0 Å². The molecule has 0 saturated carbocycles. The number of fused-ring (bicyclic) bond motifs is 5. The van der Waals surface area contributed by atoms with E-state index in [1.54, 1.807) is 0 Å². The Balaban J connectivity index is 1.53. The summed E-state index contributed by atoms with van der Waals surface area (Å²) >= 11 is 0. The van der Waals surface area contributed by atoms with Crippen LogP contribution in [0.1, 0.15) is 43.0 Å². The summed E-state index contributed by atoms with van der Waals surface area (Å²) in [5.41, 5.74) is 3.56. The molecule has 34 heavy (non-hydrogen) atoms. The maximum atomic E-state index is 13.7. The van der Waals surface area contributed by atoms with E-state index >= 15 is 0 Å². The molecule has 0 N–H and O–H groups in total. The Hall–Kier alpha value is -3.18. The van der Waals surface area contributed by atoms with Crippen molar-refractivity contribution >= 4 is 17.3 Å². The highest BCUT2D eigenvalue weighted by molar-refractivity contribution is 6.26. The predicted octanol–water partition coefficient (Wildman–Crippen LogP) is 5.34. The molecule has 176 valence electrons. The van der Waals surface area contributed by atoms with Gasteiger partial charge in [-0.3, -0.25) is 9.59 Å². The Kier molecular flexibility index (Phi) is 5.48. The lowest BCUT2D eigenvalue weighted by Gasteiger charge is -2.23. The molecular weight excluding hydrogens is 428 g/mol. The van der Waals surface area contributed by atoms with E-state index in [-0.39, 0.29) is 35.8 Å². The highest BCUT2D eigenvalue weighted by atomic mass is 16.5. The third-order valence-corrected chi connectivity index (χ3v) is 6.82. The smallest absolute Gasteiger partial charge is 0.316 e. The number of carbonyl (C=O) groups excluding carboxylic acids is 2. The molecule has 2 heterocycles. The number of ether oxygens (including phenoxy) is 3. The van der Waals surface area contributed by atoms with Crippen LogP contribution in [0, 0.1) is 31.1 Å². The highest BCUT2D eigenvalue weighted by Crippen LogP contribution is 2.53. The lowest BCUT2D eigenvalue weighted by Crippen LogP contribution is -2.29. The summed E-state index contributed by atoms with van der Waals surface area (Å²) in [5, 5.41) is 0. The minimum atomic E-state index is -0.688. The molecule has 0 radical (unpaired) electrons. The predicted molar refractivity (Wildman–Crippen MR) is 129 cm³/mol. The van der Waals surface area contributed by atoms with Crippen LogP contribution in [0.2, 0.25) is 0 Å². The number of rotatable bonds is 5. The molecule has 2 aliphatic heterocycles. The first-order valence-corrected chi connectivity index (χ1v) is 11.8. The Bertz CT molecular complexity index is 1190. The fraction of sp³-hybridized carbons (Fsp3) is 0.379. The Morgan fingerprint density at radius 1 is 0.971 bits per heavy atom. The van der Waals surface area contributed by atoms with Crippen molar-refractivity contribution in [3.63, 3.8) is 0 Å². The maximum Gasteiger partial charge on any atom is 0.316 e. The van der Waals surface area contributed by atoms with Gasteiger partial charge in [0.1, 0.15) is 18.1 Å². The van der Waals surface area contributed by atoms with Crippen molar-refractivity contribution in [2.24, 2.45) is 17.3 Å². The number of allylic oxidation sites excluding steroid dienone is 1. The van der Waals surface area contributed by atoms with Crippen LogP contribution in [0.15, 0.2) is 60.4 Å². The summed E-state index contributed by atoms with van der Waals surface area (Å²) in [6, 6.07) is 13.9. The van der Waals surface area contributed by atoms with Gasteiger partial charge in [-0.1, -0.05) is 42.5 Å². The van der Waals surface area contributed by atoms with E-state index in [9.17, 15) is 9.59 Å². The number of benzene rings is 2. The molecule has 3 aliphatic rings. The summed E-state index contributed by atoms with van der Waals surface area (Å²) < 4.78 is 18.0. The number of esters is 1. The van der Waals surface area contributed by atoms with Gasteiger partial charge in [-0.25, -0.2) is 0 Å². The molecule has 4 atom stereocenters. The van der Waals surface area contributed by atoms with Crippen molar-refractivity contribution in [3.05, 3.63) is 82.6 Å². The summed E-state index contributed by atoms with van der Waals surface area (Å²) in [4.78, 5) is 26.6. The fourth-order valence-electron chi connectivity index (χ4n) is 5.15. The zero-order chi connectivity index (χ0) is 24.2. The van der Waals surface area contributed by atoms with Crippen LogP contribution < -0.4 is 4.74 Å². The molecule has 1 fully saturated rings. The third-order valence-electron chi connectivity index (χ3n) is 6.82. The zero-order valence-electron chi connectivity index (χ0n) is 20.3. The van der Waals surface area contributed by atoms with Crippen LogP contribution in [-0.2, 0) is 25.7 Å². The molecular formula is C29H30O5. The van der Waals surface area contributed by atoms with Crippen LogP contribution in [-0.4, -0.2) is 24.0 Å². The summed E-state index contributed by atoms with van der Waals surface area (Å²) in [6.45, 7) is 9.85. The van der Waals surface area contributed by atoms with Gasteiger partial charge in [0.2, 0.25) is 0 Å². The van der Waals surface area contributed by atoms with E-state index in [1.807, 2.05) is 89.2 Å². The quantitative estimate of drug-likeness (QED) is 0.447. The highest BCUT2D eigenvalue weighted by Gasteiger charge is 2.58. The van der Waals surface area contributed by atoms with Crippen molar-refractivity contribution in [1.29, 1.82) is 0 Å². The monoisotopic (exact) mass is 458 g/mol. The number of Topliss-reactive ketones (excluding diaryl/α,β-unsaturated/α-hetero) is 1. The zero-order valence-corrected chi connectivity index (χ0v) is 20.3. The van der Waals surface area contributed by atoms with Gasteiger partial charge < -0.3 is 14.2 Å². The molecule has 0 amide bonds. The molecule has 0 unspecified atom stereocenters. The topological polar surface area (TPSA) is 61.8 Å². The SMILES string of the molecule is Cc1cc(OCc2ccccc2)cc(C)c1C1=C(OC(=O)C(C)(C)C)[C@H]2[C@@H](C1=O)[C@@H]1C=C[C@H]2O1. The van der Waals surface area contributed by atoms with Crippen molar-refractivity contribution in [2.75, 3.05) is 0 Å². The molecule has 1 saturated heterocycles. The molecule has 2 aromatic carbocycles. The van der Waals surface area contributed by atoms with Crippen LogP contribution in [0.5, 0.6) is 5.75 Å². The fourth-order valence-corrected chi connectivity index (χ4v) is 5.15. The standard InChI is InChI=1S/C29H30O5/c1-16-13-19(32-15-18-9-7-6-8-10-18)14-17(2)22(16)25-26(30)23-20-11-12-21(33-20)24(23)27(25)34-28(31)29(3,4)5/h6-14,20-21,23-24H,15H2,1-5H3/t20-,21+,23-,24+/m0/s1. The van der Waals surface area contributed by atoms with Gasteiger partial charge in [0.25, 0.3) is 0 Å². The van der Waals surface area contributed by atoms with Gasteiger partial charge in [-0.2, -0.15) is 0 Å². The molecule has 0 spiro atoms. The summed E-state index contributed by atoms with van der Waals surface area (Å²) in [5.74, 6) is 0.223. The van der Waals surface area contributed by atoms with E-state index in [4.69, 9.17) is 14.2 Å². The molecule has 5 nitrogen and oxygen atoms in total. The van der Waals surface area contributed by atoms with E-state index in [0.717, 1.165) is 28.0 Å². The normalized spacial score (nSPS) is 25.1. The molecule has 0 aromatic heterocycles. The van der Waals surface area contributed by atoms with Gasteiger partial charge in [-0.05, 0) is 69.0 Å². The van der Waals surface area contributed by atoms with Gasteiger partial charge in [0.05, 0.1) is 35.0 Å². The van der Waals surface area contributed by atoms with Crippen molar-refractivity contribution < 1.29 is 23.8 Å². The number of aryl methyl sites for hydroxylation is 2. The number of hydrogen-bond donors (Lipinski definition) is 0. The molecule has 5 rings (SSSR count). The molecule has 2 bridgehead atoms. The second-order valence-electron chi connectivity index (χ2n) is 10.5. The van der Waals surface area contributed by atoms with Gasteiger partial charge >= 0.3 is 5.97 Å². The lowest BCUT2D eigenvalue weighted by atomic mass is 9.84. The van der Waals surface area contributed by atoms with Crippen molar-refractivity contribution in [3.8, 4) is 5.75 Å². The van der Waals surface area contributed by atoms with E-state index < -0.39 is 5.41 Å². The third kappa shape index (κ3) is 3.78. The summed E-state index contributed by atoms with van der Waals surface area (Å²) in [6.07, 6.45) is 3.43. The number of hydrogen-bond acceptors (Lipinski definition) is 5. The van der Waals surface area contributed by atoms with Crippen LogP contribution in [0.25, 0.3) is 5.57 Å². The molecule has 5 heteroatoms. The first-order chi connectivity index (χ1) is 16.1. The van der Waals surface area contributed by atoms with E-state index in [2.05, 4.69) is 0 Å². The lowest BCUT2D eigenvalue weighted by molar-refractivity contribution is -0.149. The second-order valence-corrected chi connectivity index (χ2v) is 10.5. The maximum absolute atomic E-state index is 13.7. The Morgan fingerprint density at radius 3 is 2.21 bits per heavy atom. The number of ketones is 1. The van der Waals surface area contributed by atoms with Crippen LogP contribution in [0.3, 0.4) is 0 Å². The average Bonchev–Trinajstić information content (AvgIpc) is 3.47. The number of carbonyl (C=O) groups is 2. The first kappa shape index (κ1) is 22.6. The molecule has 1 aliphatic carbocycles. The first-order valence-electron chi connectivity index (χ1n) is 11.8. The van der Waals surface area contributed by atoms with Gasteiger partial charge in [0.15, 0.2) is 5.78 Å². The minimum absolute atomic E-state index is 0.0114. The van der Waals surface area contributed by atoms with Crippen LogP contribution in [0.4, 0.5) is 0 Å².